The van der Waals surface area contributed by atoms with Crippen molar-refractivity contribution >= 4 is 0 Å². The number of methoxy groups -OCH3 is 1. The molecule has 0 aromatic heterocycles. The lowest BCUT2D eigenvalue weighted by molar-refractivity contribution is -0.500. The van der Waals surface area contributed by atoms with Crippen molar-refractivity contribution in [1.82, 2.24) is 0 Å². The maximum absolute atomic E-state index is 11.3. The molecule has 0 saturated carbocycles. The molecule has 1 N–H and O–H groups in total. The van der Waals surface area contributed by atoms with E-state index in [9.17, 15) is 10.4 Å². The highest BCUT2D eigenvalue weighted by molar-refractivity contribution is 5.38. The second-order valence-corrected chi connectivity index (χ2v) is 7.04. The van der Waals surface area contributed by atoms with Gasteiger partial charge in [0.1, 0.15) is 11.7 Å². The molecule has 2 unspecified atom stereocenters. The van der Waals surface area contributed by atoms with E-state index in [-0.39, 0.29) is 6.42 Å². The average Bonchev–Trinajstić information content (AvgIpc) is 2.81. The summed E-state index contributed by atoms with van der Waals surface area (Å²) in [6.45, 7) is 0. The molecule has 146 valence electrons. The molecule has 3 aromatic carbocycles. The minimum atomic E-state index is -1.89. The predicted octanol–water partition coefficient (Wildman–Crippen LogP) is 4.28. The molecule has 2 atom stereocenters. The molecule has 0 spiro atoms. The molecule has 1 heterocycles. The van der Waals surface area contributed by atoms with Crippen LogP contribution in [0.1, 0.15) is 23.1 Å². The van der Waals surface area contributed by atoms with Gasteiger partial charge >= 0.3 is 0 Å². The molecule has 5 heteroatoms. The lowest BCUT2D eigenvalue weighted by Gasteiger charge is -2.45. The molecule has 5 nitrogen and oxygen atoms in total. The van der Waals surface area contributed by atoms with E-state index in [0.29, 0.717) is 11.3 Å². The number of ether oxygens (including phenoxy) is 1. The van der Waals surface area contributed by atoms with Crippen LogP contribution in [-0.4, -0.2) is 12.2 Å². The van der Waals surface area contributed by atoms with Crippen LogP contribution in [0.3, 0.4) is 0 Å². The number of hydrogen-bond acceptors (Lipinski definition) is 5. The van der Waals surface area contributed by atoms with Gasteiger partial charge in [-0.25, -0.2) is 4.89 Å². The smallest absolute Gasteiger partial charge is 0.241 e. The maximum Gasteiger partial charge on any atom is 0.241 e. The monoisotopic (exact) mass is 387 g/mol. The normalized spacial score (nSPS) is 23.1. The molecule has 29 heavy (non-hydrogen) atoms. The number of rotatable bonds is 4. The predicted molar refractivity (Wildman–Crippen MR) is 106 cm³/mol. The topological polar surface area (TPSA) is 71.7 Å². The highest BCUT2D eigenvalue weighted by atomic mass is 17.2. The van der Waals surface area contributed by atoms with Crippen LogP contribution in [0, 0.1) is 17.2 Å². The summed E-state index contributed by atoms with van der Waals surface area (Å²) in [5, 5.41) is 21.2. The van der Waals surface area contributed by atoms with E-state index in [2.05, 4.69) is 6.07 Å². The van der Waals surface area contributed by atoms with Crippen molar-refractivity contribution in [1.29, 1.82) is 5.26 Å². The molecule has 1 fully saturated rings. The number of nitriles is 1. The van der Waals surface area contributed by atoms with Crippen LogP contribution < -0.4 is 4.74 Å². The van der Waals surface area contributed by atoms with Crippen molar-refractivity contribution in [3.63, 3.8) is 0 Å². The van der Waals surface area contributed by atoms with E-state index in [0.717, 1.165) is 11.1 Å². The molecule has 0 amide bonds. The van der Waals surface area contributed by atoms with E-state index in [1.54, 1.807) is 31.4 Å². The Labute approximate surface area is 169 Å². The second kappa shape index (κ2) is 7.69. The van der Waals surface area contributed by atoms with E-state index in [1.165, 1.54) is 0 Å². The molecule has 1 aliphatic heterocycles. The Morgan fingerprint density at radius 2 is 1.41 bits per heavy atom. The minimum absolute atomic E-state index is 0.222. The first-order chi connectivity index (χ1) is 14.1. The minimum Gasteiger partial charge on any atom is -0.497 e. The van der Waals surface area contributed by atoms with Crippen molar-refractivity contribution in [3.8, 4) is 11.8 Å². The van der Waals surface area contributed by atoms with Crippen LogP contribution in [0.2, 0.25) is 0 Å². The number of hydrogen-bond donors (Lipinski definition) is 1. The third kappa shape index (κ3) is 3.28. The lowest BCUT2D eigenvalue weighted by Crippen LogP contribution is -2.50. The summed E-state index contributed by atoms with van der Waals surface area (Å²) in [6.07, 6.45) is 0.222. The SMILES string of the molecule is COc1ccc(C2(O)OOC(c3ccccc3)(c3ccccc3)CC2C#N)cc1. The van der Waals surface area contributed by atoms with Crippen LogP contribution in [0.4, 0.5) is 0 Å². The summed E-state index contributed by atoms with van der Waals surface area (Å²) < 4.78 is 5.17. The number of benzene rings is 3. The number of aliphatic hydroxyl groups is 1. The fourth-order valence-corrected chi connectivity index (χ4v) is 3.78. The van der Waals surface area contributed by atoms with Gasteiger partial charge in [-0.15, -0.1) is 0 Å². The first kappa shape index (κ1) is 19.2. The van der Waals surface area contributed by atoms with Crippen LogP contribution in [0.5, 0.6) is 5.75 Å². The molecule has 4 rings (SSSR count). The Morgan fingerprint density at radius 3 is 1.90 bits per heavy atom. The first-order valence-corrected chi connectivity index (χ1v) is 9.37. The lowest BCUT2D eigenvalue weighted by atomic mass is 9.75. The van der Waals surface area contributed by atoms with Gasteiger partial charge in [-0.3, -0.25) is 0 Å². The van der Waals surface area contributed by atoms with Crippen molar-refractivity contribution in [2.75, 3.05) is 7.11 Å². The molecule has 1 saturated heterocycles. The Hall–Kier alpha value is -3.17. The summed E-state index contributed by atoms with van der Waals surface area (Å²) in [5.74, 6) is -2.12. The van der Waals surface area contributed by atoms with Crippen LogP contribution >= 0.6 is 0 Å². The summed E-state index contributed by atoms with van der Waals surface area (Å²) in [6, 6.07) is 28.2. The Balaban J connectivity index is 1.77. The fraction of sp³-hybridized carbons (Fsp3) is 0.208. The Bertz CT molecular complexity index is 959. The van der Waals surface area contributed by atoms with Gasteiger partial charge in [-0.1, -0.05) is 60.7 Å². The highest BCUT2D eigenvalue weighted by Crippen LogP contribution is 2.50. The van der Waals surface area contributed by atoms with Gasteiger partial charge < -0.3 is 9.84 Å². The molecule has 0 bridgehead atoms. The van der Waals surface area contributed by atoms with Gasteiger partial charge in [-0.05, 0) is 35.4 Å². The molecule has 3 aromatic rings. The van der Waals surface area contributed by atoms with Gasteiger partial charge in [0.05, 0.1) is 13.2 Å². The van der Waals surface area contributed by atoms with Gasteiger partial charge in [0, 0.05) is 12.0 Å². The first-order valence-electron chi connectivity index (χ1n) is 9.37. The van der Waals surface area contributed by atoms with Crippen molar-refractivity contribution < 1.29 is 19.6 Å². The maximum atomic E-state index is 11.3. The van der Waals surface area contributed by atoms with Gasteiger partial charge in [0.2, 0.25) is 5.79 Å². The van der Waals surface area contributed by atoms with Crippen molar-refractivity contribution in [2.45, 2.75) is 17.8 Å². The zero-order chi connectivity index (χ0) is 20.3. The standard InChI is InChI=1S/C24H21NO4/c1-27-22-14-12-20(13-15-22)24(26)21(17-25)16-23(28-29-24,18-8-4-2-5-9-18)19-10-6-3-7-11-19/h2-15,21,26H,16H2,1H3. The molecular weight excluding hydrogens is 366 g/mol. The third-order valence-corrected chi connectivity index (χ3v) is 5.41. The third-order valence-electron chi connectivity index (χ3n) is 5.41. The van der Waals surface area contributed by atoms with Gasteiger partial charge in [-0.2, -0.15) is 10.1 Å². The Morgan fingerprint density at radius 1 is 0.862 bits per heavy atom. The van der Waals surface area contributed by atoms with E-state index >= 15 is 0 Å². The van der Waals surface area contributed by atoms with Crippen molar-refractivity contribution in [3.05, 3.63) is 102 Å². The zero-order valence-corrected chi connectivity index (χ0v) is 16.0. The quantitative estimate of drug-likeness (QED) is 0.677. The summed E-state index contributed by atoms with van der Waals surface area (Å²) >= 11 is 0. The van der Waals surface area contributed by atoms with Crippen molar-refractivity contribution in [2.24, 2.45) is 5.92 Å². The van der Waals surface area contributed by atoms with E-state index in [1.807, 2.05) is 60.7 Å². The molecule has 0 radical (unpaired) electrons. The number of nitrogens with zero attached hydrogens (tertiary/aromatic N) is 1. The zero-order valence-electron chi connectivity index (χ0n) is 16.0. The van der Waals surface area contributed by atoms with Crippen LogP contribution in [0.15, 0.2) is 84.9 Å². The van der Waals surface area contributed by atoms with Gasteiger partial charge in [0.15, 0.2) is 5.60 Å². The largest absolute Gasteiger partial charge is 0.497 e. The van der Waals surface area contributed by atoms with E-state index in [4.69, 9.17) is 14.5 Å². The van der Waals surface area contributed by atoms with Crippen LogP contribution in [0.25, 0.3) is 0 Å². The average molecular weight is 387 g/mol. The molecule has 1 aliphatic rings. The van der Waals surface area contributed by atoms with Crippen LogP contribution in [-0.2, 0) is 21.2 Å². The highest BCUT2D eigenvalue weighted by Gasteiger charge is 2.54. The van der Waals surface area contributed by atoms with E-state index < -0.39 is 17.3 Å². The van der Waals surface area contributed by atoms with Gasteiger partial charge in [0.25, 0.3) is 0 Å². The summed E-state index contributed by atoms with van der Waals surface area (Å²) in [4.78, 5) is 11.6. The second-order valence-electron chi connectivity index (χ2n) is 7.04. The summed E-state index contributed by atoms with van der Waals surface area (Å²) in [7, 11) is 1.57. The molecular formula is C24H21NO4. The fourth-order valence-electron chi connectivity index (χ4n) is 3.78. The Kier molecular flexibility index (Phi) is 5.08. The summed E-state index contributed by atoms with van der Waals surface area (Å²) in [5.41, 5.74) is 1.12. The molecule has 0 aliphatic carbocycles.